The Morgan fingerprint density at radius 1 is 1.03 bits per heavy atom. The van der Waals surface area contributed by atoms with Gasteiger partial charge in [0.15, 0.2) is 18.1 Å². The molecule has 0 unspecified atom stereocenters. The molecule has 9 heteroatoms. The van der Waals surface area contributed by atoms with Crippen LogP contribution in [-0.4, -0.2) is 25.8 Å². The molecular weight excluding hydrogens is 447 g/mol. The van der Waals surface area contributed by atoms with Crippen molar-refractivity contribution in [2.45, 2.75) is 20.0 Å². The van der Waals surface area contributed by atoms with E-state index in [2.05, 4.69) is 15.8 Å². The maximum Gasteiger partial charge on any atom is 0.416 e. The third kappa shape index (κ3) is 6.74. The van der Waals surface area contributed by atoms with Crippen molar-refractivity contribution in [2.75, 3.05) is 24.5 Å². The summed E-state index contributed by atoms with van der Waals surface area (Å²) in [7, 11) is 1.46. The number of nitrogens with zero attached hydrogens (tertiary/aromatic N) is 1. The van der Waals surface area contributed by atoms with Crippen molar-refractivity contribution in [3.8, 4) is 11.5 Å². The van der Waals surface area contributed by atoms with Crippen molar-refractivity contribution in [3.63, 3.8) is 0 Å². The number of benzene rings is 3. The summed E-state index contributed by atoms with van der Waals surface area (Å²) in [4.78, 5) is 12.3. The summed E-state index contributed by atoms with van der Waals surface area (Å²) in [5, 5.41) is 6.78. The first kappa shape index (κ1) is 24.6. The largest absolute Gasteiger partial charge is 0.493 e. The normalized spacial score (nSPS) is 11.4. The Morgan fingerprint density at radius 2 is 1.82 bits per heavy atom. The summed E-state index contributed by atoms with van der Waals surface area (Å²) in [6, 6.07) is 15.4. The zero-order valence-electron chi connectivity index (χ0n) is 18.9. The molecule has 0 saturated heterocycles. The van der Waals surface area contributed by atoms with Gasteiger partial charge in [0, 0.05) is 5.69 Å². The van der Waals surface area contributed by atoms with E-state index in [4.69, 9.17) is 9.47 Å². The molecule has 0 aliphatic heterocycles. The highest BCUT2D eigenvalue weighted by atomic mass is 19.4. The molecule has 0 fully saturated rings. The zero-order valence-corrected chi connectivity index (χ0v) is 18.9. The molecule has 0 saturated carbocycles. The third-order valence-corrected chi connectivity index (χ3v) is 4.80. The second-order valence-corrected chi connectivity index (χ2v) is 7.51. The van der Waals surface area contributed by atoms with E-state index in [0.717, 1.165) is 23.3 Å². The van der Waals surface area contributed by atoms with Crippen molar-refractivity contribution in [1.29, 1.82) is 0 Å². The minimum Gasteiger partial charge on any atom is -0.493 e. The van der Waals surface area contributed by atoms with E-state index < -0.39 is 11.7 Å². The number of carbonyl (C=O) groups excluding carboxylic acids is 1. The van der Waals surface area contributed by atoms with E-state index in [0.29, 0.717) is 22.7 Å². The summed E-state index contributed by atoms with van der Waals surface area (Å²) < 4.78 is 49.4. The highest BCUT2D eigenvalue weighted by Crippen LogP contribution is 2.31. The van der Waals surface area contributed by atoms with Gasteiger partial charge in [-0.2, -0.15) is 18.3 Å². The molecule has 178 valence electrons. The molecule has 0 radical (unpaired) electrons. The number of carbonyl (C=O) groups is 1. The van der Waals surface area contributed by atoms with Crippen LogP contribution in [0.2, 0.25) is 0 Å². The van der Waals surface area contributed by atoms with E-state index in [9.17, 15) is 18.0 Å². The lowest BCUT2D eigenvalue weighted by atomic mass is 10.1. The van der Waals surface area contributed by atoms with Crippen LogP contribution in [0.25, 0.3) is 0 Å². The standard InChI is InChI=1S/C25H24F3N3O3/c1-16-7-9-21(17(2)11-16)30-24(32)15-34-22-10-8-18(12-23(22)33-3)14-29-31-20-6-4-5-19(13-20)25(26,27)28/h4-14,31H,15H2,1-3H3,(H,30,32). The van der Waals surface area contributed by atoms with Crippen LogP contribution in [0.4, 0.5) is 24.5 Å². The molecule has 6 nitrogen and oxygen atoms in total. The van der Waals surface area contributed by atoms with Crippen molar-refractivity contribution in [2.24, 2.45) is 5.10 Å². The first-order chi connectivity index (χ1) is 16.2. The molecule has 3 aromatic rings. The van der Waals surface area contributed by atoms with Crippen LogP contribution in [0.15, 0.2) is 65.8 Å². The molecule has 1 amide bonds. The monoisotopic (exact) mass is 471 g/mol. The van der Waals surface area contributed by atoms with Crippen molar-refractivity contribution >= 4 is 23.5 Å². The van der Waals surface area contributed by atoms with Crippen LogP contribution in [0, 0.1) is 13.8 Å². The molecule has 0 aliphatic carbocycles. The van der Waals surface area contributed by atoms with E-state index >= 15 is 0 Å². The number of hydrogen-bond acceptors (Lipinski definition) is 5. The first-order valence-corrected chi connectivity index (χ1v) is 10.3. The highest BCUT2D eigenvalue weighted by molar-refractivity contribution is 5.92. The van der Waals surface area contributed by atoms with Gasteiger partial charge in [-0.3, -0.25) is 10.2 Å². The topological polar surface area (TPSA) is 71.9 Å². The SMILES string of the molecule is COc1cc(C=NNc2cccc(C(F)(F)F)c2)ccc1OCC(=O)Nc1ccc(C)cc1C. The molecule has 3 rings (SSSR count). The highest BCUT2D eigenvalue weighted by Gasteiger charge is 2.30. The average Bonchev–Trinajstić information content (AvgIpc) is 2.79. The third-order valence-electron chi connectivity index (χ3n) is 4.80. The Hall–Kier alpha value is -4.01. The lowest BCUT2D eigenvalue weighted by molar-refractivity contribution is -0.137. The number of amides is 1. The predicted octanol–water partition coefficient (Wildman–Crippen LogP) is 5.79. The lowest BCUT2D eigenvalue weighted by Gasteiger charge is -2.12. The molecule has 0 bridgehead atoms. The number of alkyl halides is 3. The van der Waals surface area contributed by atoms with E-state index in [1.165, 1.54) is 25.5 Å². The Morgan fingerprint density at radius 3 is 2.53 bits per heavy atom. The number of hydrazone groups is 1. The lowest BCUT2D eigenvalue weighted by Crippen LogP contribution is -2.20. The molecule has 34 heavy (non-hydrogen) atoms. The Kier molecular flexibility index (Phi) is 7.78. The fraction of sp³-hybridized carbons (Fsp3) is 0.200. The maximum atomic E-state index is 12.8. The number of nitrogens with one attached hydrogen (secondary N) is 2. The van der Waals surface area contributed by atoms with Crippen LogP contribution in [0.1, 0.15) is 22.3 Å². The van der Waals surface area contributed by atoms with Gasteiger partial charge in [0.2, 0.25) is 0 Å². The predicted molar refractivity (Wildman–Crippen MR) is 126 cm³/mol. The van der Waals surface area contributed by atoms with Crippen molar-refractivity contribution < 1.29 is 27.4 Å². The van der Waals surface area contributed by atoms with Crippen LogP contribution < -0.4 is 20.2 Å². The molecule has 0 aliphatic rings. The Bertz CT molecular complexity index is 1190. The maximum absolute atomic E-state index is 12.8. The van der Waals surface area contributed by atoms with E-state index in [-0.39, 0.29) is 18.2 Å². The fourth-order valence-electron chi connectivity index (χ4n) is 3.11. The summed E-state index contributed by atoms with van der Waals surface area (Å²) in [6.45, 7) is 3.67. The summed E-state index contributed by atoms with van der Waals surface area (Å²) in [5.41, 5.74) is 5.39. The molecule has 0 spiro atoms. The van der Waals surface area contributed by atoms with Gasteiger partial charge in [0.05, 0.1) is 24.6 Å². The van der Waals surface area contributed by atoms with E-state index in [1.54, 1.807) is 18.2 Å². The zero-order chi connectivity index (χ0) is 24.7. The molecule has 0 heterocycles. The summed E-state index contributed by atoms with van der Waals surface area (Å²) in [6.07, 6.45) is -3.00. The van der Waals surface area contributed by atoms with Gasteiger partial charge in [0.1, 0.15) is 0 Å². The van der Waals surface area contributed by atoms with Crippen LogP contribution in [-0.2, 0) is 11.0 Å². The number of methoxy groups -OCH3 is 1. The van der Waals surface area contributed by atoms with E-state index in [1.807, 2.05) is 32.0 Å². The molecule has 0 aromatic heterocycles. The van der Waals surface area contributed by atoms with Crippen molar-refractivity contribution in [3.05, 3.63) is 82.9 Å². The number of ether oxygens (including phenoxy) is 2. The Labute approximate surface area is 195 Å². The van der Waals surface area contributed by atoms with Gasteiger partial charge in [-0.15, -0.1) is 0 Å². The van der Waals surface area contributed by atoms with Gasteiger partial charge in [-0.05, 0) is 67.4 Å². The van der Waals surface area contributed by atoms with Gasteiger partial charge in [-0.25, -0.2) is 0 Å². The number of hydrogen-bond donors (Lipinski definition) is 2. The molecular formula is C25H24F3N3O3. The smallest absolute Gasteiger partial charge is 0.416 e. The number of aryl methyl sites for hydroxylation is 2. The van der Waals surface area contributed by atoms with Crippen LogP contribution in [0.5, 0.6) is 11.5 Å². The van der Waals surface area contributed by atoms with Crippen LogP contribution >= 0.6 is 0 Å². The number of halogens is 3. The second-order valence-electron chi connectivity index (χ2n) is 7.51. The van der Waals surface area contributed by atoms with Gasteiger partial charge in [-0.1, -0.05) is 23.8 Å². The quantitative estimate of drug-likeness (QED) is 0.322. The van der Waals surface area contributed by atoms with Crippen LogP contribution in [0.3, 0.4) is 0 Å². The average molecular weight is 471 g/mol. The van der Waals surface area contributed by atoms with Crippen molar-refractivity contribution in [1.82, 2.24) is 0 Å². The van der Waals surface area contributed by atoms with Gasteiger partial charge < -0.3 is 14.8 Å². The number of anilines is 2. The summed E-state index contributed by atoms with van der Waals surface area (Å²) >= 11 is 0. The van der Waals surface area contributed by atoms with Gasteiger partial charge >= 0.3 is 6.18 Å². The minimum atomic E-state index is -4.43. The number of rotatable bonds is 8. The fourth-order valence-corrected chi connectivity index (χ4v) is 3.11. The second kappa shape index (κ2) is 10.7. The summed E-state index contributed by atoms with van der Waals surface area (Å²) in [5.74, 6) is 0.425. The molecule has 2 N–H and O–H groups in total. The first-order valence-electron chi connectivity index (χ1n) is 10.3. The minimum absolute atomic E-state index is 0.202. The Balaban J connectivity index is 1.60. The van der Waals surface area contributed by atoms with Gasteiger partial charge in [0.25, 0.3) is 5.91 Å². The molecule has 3 aromatic carbocycles. The molecule has 0 atom stereocenters.